The first kappa shape index (κ1) is 33.6. The van der Waals surface area contributed by atoms with Crippen molar-refractivity contribution in [3.63, 3.8) is 0 Å². The van der Waals surface area contributed by atoms with Crippen LogP contribution in [0.25, 0.3) is 6.08 Å². The van der Waals surface area contributed by atoms with Crippen LogP contribution in [0.3, 0.4) is 0 Å². The molecule has 2 aromatic rings. The minimum Gasteiger partial charge on any atom is -0.480 e. The van der Waals surface area contributed by atoms with E-state index in [1.165, 1.54) is 25.7 Å². The van der Waals surface area contributed by atoms with Gasteiger partial charge in [0, 0.05) is 16.5 Å². The molecule has 0 atom stereocenters. The summed E-state index contributed by atoms with van der Waals surface area (Å²) in [7, 11) is 2.79. The molecule has 0 saturated heterocycles. The largest absolute Gasteiger partial charge is 0.480 e. The number of halogens is 10. The number of hydrogen-bond acceptors (Lipinski definition) is 5. The molecule has 2 rings (SSSR count). The molecule has 0 aliphatic carbocycles. The van der Waals surface area contributed by atoms with Gasteiger partial charge < -0.3 is 9.47 Å². The molecular weight excluding hydrogens is 663 g/mol. The third kappa shape index (κ3) is 8.33. The molecule has 4 nitrogen and oxygen atoms in total. The normalized spacial score (nSPS) is 11.0. The smallest absolute Gasteiger partial charge is 0.234 e. The number of ether oxygens (including phenoxy) is 2. The lowest BCUT2D eigenvalue weighted by molar-refractivity contribution is 0.396. The van der Waals surface area contributed by atoms with Gasteiger partial charge in [-0.2, -0.15) is 0 Å². The number of hydrogen-bond donors (Lipinski definition) is 0. The van der Waals surface area contributed by atoms with Crippen LogP contribution in [0.2, 0.25) is 20.1 Å². The van der Waals surface area contributed by atoms with Crippen molar-refractivity contribution >= 4 is 140 Å². The quantitative estimate of drug-likeness (QED) is 0.238. The van der Waals surface area contributed by atoms with Crippen LogP contribution in [0.15, 0.2) is 6.58 Å². The van der Waals surface area contributed by atoms with E-state index in [4.69, 9.17) is 138 Å². The summed E-state index contributed by atoms with van der Waals surface area (Å²) in [6.45, 7) is 3.57. The molecule has 0 aliphatic heterocycles. The van der Waals surface area contributed by atoms with Crippen LogP contribution in [0, 0.1) is 0 Å². The number of pyridine rings is 2. The SMILES string of the molecule is C.C=Cc1c(Cl)c(OC)nc(C(Cl)(Cl)Cl)c1Cl.COc1nc(C(Cl)(Cl)Cl)c(Cl)c(C=S)c1Cl. The summed E-state index contributed by atoms with van der Waals surface area (Å²) in [6.07, 6.45) is 1.44. The fourth-order valence-electron chi connectivity index (χ4n) is 2.01. The van der Waals surface area contributed by atoms with E-state index in [1.54, 1.807) is 0 Å². The molecule has 184 valence electrons. The Morgan fingerprint density at radius 3 is 1.33 bits per heavy atom. The number of aromatic nitrogens is 2. The van der Waals surface area contributed by atoms with Gasteiger partial charge in [-0.1, -0.05) is 148 Å². The molecule has 0 spiro atoms. The first-order valence-corrected chi connectivity index (χ1v) is 12.0. The van der Waals surface area contributed by atoms with Gasteiger partial charge in [0.25, 0.3) is 0 Å². The Morgan fingerprint density at radius 2 is 1.06 bits per heavy atom. The van der Waals surface area contributed by atoms with Crippen LogP contribution in [0.4, 0.5) is 0 Å². The van der Waals surface area contributed by atoms with Crippen molar-refractivity contribution in [2.75, 3.05) is 14.2 Å². The Bertz CT molecular complexity index is 942. The minimum atomic E-state index is -1.78. The van der Waals surface area contributed by atoms with E-state index in [0.29, 0.717) is 11.1 Å². The van der Waals surface area contributed by atoms with Gasteiger partial charge in [-0.05, 0) is 0 Å². The van der Waals surface area contributed by atoms with E-state index < -0.39 is 7.59 Å². The van der Waals surface area contributed by atoms with Crippen molar-refractivity contribution in [2.45, 2.75) is 15.0 Å². The van der Waals surface area contributed by atoms with Crippen molar-refractivity contribution in [1.29, 1.82) is 0 Å². The summed E-state index contributed by atoms with van der Waals surface area (Å²) < 4.78 is 6.35. The van der Waals surface area contributed by atoms with Crippen molar-refractivity contribution in [2.24, 2.45) is 0 Å². The zero-order valence-corrected chi connectivity index (χ0v) is 24.1. The fraction of sp³-hybridized carbons (Fsp3) is 0.278. The standard InChI is InChI=1S/C9H6Cl5NO.C8H4Cl5NOS.CH4/c1-3-4-5(10)7(9(12,13)14)15-8(16-2)6(4)11;1-15-7-5(10)3(2-16)4(9)6(14-7)8(11,12)13;/h3H,1H2,2H3;2H,1H3;1H4. The lowest BCUT2D eigenvalue weighted by Gasteiger charge is -2.16. The average molecular weight is 677 g/mol. The van der Waals surface area contributed by atoms with Gasteiger partial charge in [0.1, 0.15) is 21.4 Å². The molecule has 0 aliphatic rings. The molecule has 0 aromatic carbocycles. The van der Waals surface area contributed by atoms with Gasteiger partial charge in [0.05, 0.1) is 24.3 Å². The highest BCUT2D eigenvalue weighted by Crippen LogP contribution is 2.46. The Balaban J connectivity index is 0.000000602. The summed E-state index contributed by atoms with van der Waals surface area (Å²) in [5.41, 5.74) is 0.829. The number of rotatable bonds is 4. The maximum absolute atomic E-state index is 6.00. The molecule has 2 aromatic heterocycles. The number of thiocarbonyl (C=S) groups is 1. The van der Waals surface area contributed by atoms with E-state index in [9.17, 15) is 0 Å². The summed E-state index contributed by atoms with van der Waals surface area (Å²) in [5.74, 6) is 0.228. The minimum absolute atomic E-state index is 0. The third-order valence-corrected chi connectivity index (χ3v) is 6.22. The van der Waals surface area contributed by atoms with Gasteiger partial charge in [-0.3, -0.25) is 0 Å². The second kappa shape index (κ2) is 13.8. The van der Waals surface area contributed by atoms with Gasteiger partial charge >= 0.3 is 0 Å². The Labute approximate surface area is 247 Å². The lowest BCUT2D eigenvalue weighted by Crippen LogP contribution is -2.08. The van der Waals surface area contributed by atoms with Gasteiger partial charge in [0.15, 0.2) is 0 Å². The van der Waals surface area contributed by atoms with Crippen LogP contribution in [-0.2, 0) is 7.59 Å². The summed E-state index contributed by atoms with van der Waals surface area (Å²) in [5, 5.41) is 1.91. The number of nitrogens with zero attached hydrogens (tertiary/aromatic N) is 2. The Kier molecular flexibility index (Phi) is 14.1. The first-order valence-electron chi connectivity index (χ1n) is 7.73. The molecule has 2 heterocycles. The van der Waals surface area contributed by atoms with Crippen molar-refractivity contribution in [1.82, 2.24) is 9.97 Å². The maximum Gasteiger partial charge on any atom is 0.234 e. The van der Waals surface area contributed by atoms with Crippen LogP contribution < -0.4 is 9.47 Å². The number of alkyl halides is 6. The van der Waals surface area contributed by atoms with Crippen molar-refractivity contribution < 1.29 is 9.47 Å². The lowest BCUT2D eigenvalue weighted by atomic mass is 10.2. The highest BCUT2D eigenvalue weighted by molar-refractivity contribution is 7.79. The second-order valence-electron chi connectivity index (χ2n) is 5.34. The van der Waals surface area contributed by atoms with E-state index in [0.717, 1.165) is 0 Å². The zero-order valence-electron chi connectivity index (χ0n) is 15.8. The third-order valence-electron chi connectivity index (χ3n) is 3.41. The predicted octanol–water partition coefficient (Wildman–Crippen LogP) is 10.1. The van der Waals surface area contributed by atoms with E-state index in [2.05, 4.69) is 16.5 Å². The van der Waals surface area contributed by atoms with Gasteiger partial charge in [-0.25, -0.2) is 9.97 Å². The van der Waals surface area contributed by atoms with Crippen LogP contribution >= 0.6 is 128 Å². The molecule has 0 unspecified atom stereocenters. The topological polar surface area (TPSA) is 44.2 Å². The second-order valence-corrected chi connectivity index (χ2v) is 11.7. The van der Waals surface area contributed by atoms with Crippen LogP contribution in [0.5, 0.6) is 11.8 Å². The zero-order chi connectivity index (χ0) is 25.0. The molecule has 0 bridgehead atoms. The molecular formula is C18H14Cl10N2O2S. The predicted molar refractivity (Wildman–Crippen MR) is 150 cm³/mol. The molecule has 0 saturated carbocycles. The Hall–Kier alpha value is 0.630. The highest BCUT2D eigenvalue weighted by atomic mass is 35.6. The van der Waals surface area contributed by atoms with Crippen LogP contribution in [-0.4, -0.2) is 29.6 Å². The maximum atomic E-state index is 6.00. The first-order chi connectivity index (χ1) is 14.6. The summed E-state index contributed by atoms with van der Waals surface area (Å²) in [6, 6.07) is 0. The average Bonchev–Trinajstić information content (AvgIpc) is 2.67. The molecule has 0 fully saturated rings. The Morgan fingerprint density at radius 1 is 0.727 bits per heavy atom. The van der Waals surface area contributed by atoms with Gasteiger partial charge in [-0.15, -0.1) is 0 Å². The van der Waals surface area contributed by atoms with Crippen molar-refractivity contribution in [3.05, 3.63) is 49.2 Å². The van der Waals surface area contributed by atoms with Crippen molar-refractivity contribution in [3.8, 4) is 11.8 Å². The summed E-state index contributed by atoms with van der Waals surface area (Å²) in [4.78, 5) is 7.86. The van der Waals surface area contributed by atoms with Gasteiger partial charge in [0.2, 0.25) is 19.3 Å². The monoisotopic (exact) mass is 672 g/mol. The molecule has 0 amide bonds. The summed E-state index contributed by atoms with van der Waals surface area (Å²) >= 11 is 63.0. The van der Waals surface area contributed by atoms with E-state index >= 15 is 0 Å². The molecule has 33 heavy (non-hydrogen) atoms. The molecule has 15 heteroatoms. The van der Waals surface area contributed by atoms with E-state index in [-0.39, 0.29) is 50.7 Å². The van der Waals surface area contributed by atoms with E-state index in [1.807, 2.05) is 0 Å². The van der Waals surface area contributed by atoms with Crippen LogP contribution in [0.1, 0.15) is 29.9 Å². The highest BCUT2D eigenvalue weighted by Gasteiger charge is 2.32. The molecule has 0 N–H and O–H groups in total. The number of methoxy groups -OCH3 is 2. The fourth-order valence-corrected chi connectivity index (χ4v) is 4.83. The molecule has 0 radical (unpaired) electrons.